The normalized spacial score (nSPS) is 22.3. The van der Waals surface area contributed by atoms with E-state index in [0.29, 0.717) is 39.1 Å². The Kier molecular flexibility index (Phi) is 7.81. The number of anilines is 1. The van der Waals surface area contributed by atoms with E-state index in [4.69, 9.17) is 4.74 Å². The van der Waals surface area contributed by atoms with E-state index in [0.717, 1.165) is 28.9 Å². The van der Waals surface area contributed by atoms with Crippen LogP contribution in [-0.2, 0) is 21.9 Å². The Morgan fingerprint density at radius 1 is 0.725 bits per heavy atom. The molecule has 3 aromatic rings. The van der Waals surface area contributed by atoms with Crippen molar-refractivity contribution >= 4 is 12.1 Å². The van der Waals surface area contributed by atoms with Crippen LogP contribution in [0.15, 0.2) is 72.8 Å². The molecule has 0 radical (unpaired) electrons. The number of halogens is 6. The molecule has 212 valence electrons. The molecule has 40 heavy (non-hydrogen) atoms. The van der Waals surface area contributed by atoms with E-state index in [2.05, 4.69) is 4.90 Å². The van der Waals surface area contributed by atoms with Crippen molar-refractivity contribution < 1.29 is 35.9 Å². The number of likely N-dealkylation sites (tertiary alicyclic amines) is 1. The van der Waals surface area contributed by atoms with Gasteiger partial charge in [0.1, 0.15) is 0 Å². The second-order valence-electron chi connectivity index (χ2n) is 10.1. The summed E-state index contributed by atoms with van der Waals surface area (Å²) in [5.41, 5.74) is -0.409. The quantitative estimate of drug-likeness (QED) is 0.247. The summed E-state index contributed by atoms with van der Waals surface area (Å²) in [6, 6.07) is 17.5. The summed E-state index contributed by atoms with van der Waals surface area (Å²) in [7, 11) is 0. The van der Waals surface area contributed by atoms with Crippen molar-refractivity contribution in [1.29, 1.82) is 0 Å². The highest BCUT2D eigenvalue weighted by Crippen LogP contribution is 2.51. The molecular weight excluding hydrogens is 534 g/mol. The molecular formula is C30H28F6N2O2. The Balaban J connectivity index is 1.66. The summed E-state index contributed by atoms with van der Waals surface area (Å²) in [6.45, 7) is 2.79. The number of carbonyl (C=O) groups excluding carboxylic acids is 1. The van der Waals surface area contributed by atoms with Crippen molar-refractivity contribution in [3.8, 4) is 0 Å². The van der Waals surface area contributed by atoms with Crippen LogP contribution in [0.4, 0.5) is 32.0 Å². The van der Waals surface area contributed by atoms with Gasteiger partial charge in [0.2, 0.25) is 6.41 Å². The van der Waals surface area contributed by atoms with Crippen molar-refractivity contribution in [3.63, 3.8) is 0 Å². The first kappa shape index (κ1) is 28.0. The van der Waals surface area contributed by atoms with Gasteiger partial charge in [-0.05, 0) is 59.4 Å². The highest BCUT2D eigenvalue weighted by Gasteiger charge is 2.43. The largest absolute Gasteiger partial charge is 0.416 e. The SMILES string of the molecule is O=CN1CCC(c2ccccc2)C(c2ccc(N3CCOCC3)cc2)C1c1cc(C(F)(F)F)cc(C(F)(F)F)c1. The van der Waals surface area contributed by atoms with E-state index in [1.807, 2.05) is 54.6 Å². The van der Waals surface area contributed by atoms with Crippen LogP contribution in [0.5, 0.6) is 0 Å². The van der Waals surface area contributed by atoms with Gasteiger partial charge in [-0.15, -0.1) is 0 Å². The first-order chi connectivity index (χ1) is 19.1. The van der Waals surface area contributed by atoms with Crippen LogP contribution in [0.2, 0.25) is 0 Å². The summed E-state index contributed by atoms with van der Waals surface area (Å²) in [5, 5.41) is 0. The molecule has 0 saturated carbocycles. The van der Waals surface area contributed by atoms with Gasteiger partial charge in [0.25, 0.3) is 0 Å². The second-order valence-corrected chi connectivity index (χ2v) is 10.1. The summed E-state index contributed by atoms with van der Waals surface area (Å²) < 4.78 is 88.2. The Morgan fingerprint density at radius 2 is 1.32 bits per heavy atom. The minimum atomic E-state index is -5.00. The third kappa shape index (κ3) is 5.82. The minimum Gasteiger partial charge on any atom is -0.378 e. The van der Waals surface area contributed by atoms with Crippen LogP contribution in [0.1, 0.15) is 52.1 Å². The summed E-state index contributed by atoms with van der Waals surface area (Å²) >= 11 is 0. The number of nitrogens with zero attached hydrogens (tertiary/aromatic N) is 2. The first-order valence-corrected chi connectivity index (χ1v) is 13.0. The Bertz CT molecular complexity index is 1270. The molecule has 1 amide bonds. The number of morpholine rings is 1. The molecule has 2 saturated heterocycles. The molecule has 0 bridgehead atoms. The third-order valence-corrected chi connectivity index (χ3v) is 7.80. The number of piperidine rings is 1. The van der Waals surface area contributed by atoms with Gasteiger partial charge in [0, 0.05) is 31.2 Å². The molecule has 10 heteroatoms. The molecule has 2 aliphatic rings. The lowest BCUT2D eigenvalue weighted by Crippen LogP contribution is -2.41. The number of hydrogen-bond acceptors (Lipinski definition) is 3. The second kappa shape index (κ2) is 11.2. The van der Waals surface area contributed by atoms with Gasteiger partial charge < -0.3 is 14.5 Å². The van der Waals surface area contributed by atoms with E-state index in [1.54, 1.807) is 0 Å². The predicted molar refractivity (Wildman–Crippen MR) is 138 cm³/mol. The lowest BCUT2D eigenvalue weighted by molar-refractivity contribution is -0.143. The number of hydrogen-bond donors (Lipinski definition) is 0. The third-order valence-electron chi connectivity index (χ3n) is 7.80. The number of rotatable bonds is 5. The van der Waals surface area contributed by atoms with E-state index in [-0.39, 0.29) is 24.1 Å². The zero-order valence-electron chi connectivity index (χ0n) is 21.5. The highest BCUT2D eigenvalue weighted by molar-refractivity contribution is 5.54. The average molecular weight is 563 g/mol. The van der Waals surface area contributed by atoms with Crippen LogP contribution >= 0.6 is 0 Å². The number of carbonyl (C=O) groups is 1. The van der Waals surface area contributed by atoms with Crippen LogP contribution < -0.4 is 4.90 Å². The molecule has 0 aromatic heterocycles. The topological polar surface area (TPSA) is 32.8 Å². The maximum Gasteiger partial charge on any atom is 0.416 e. The zero-order valence-corrected chi connectivity index (χ0v) is 21.5. The number of benzene rings is 3. The fraction of sp³-hybridized carbons (Fsp3) is 0.367. The summed E-state index contributed by atoms with van der Waals surface area (Å²) in [5.74, 6) is -0.842. The molecule has 2 fully saturated rings. The number of alkyl halides is 6. The Labute approximate surface area is 228 Å². The van der Waals surface area contributed by atoms with Crippen LogP contribution in [0.3, 0.4) is 0 Å². The molecule has 4 nitrogen and oxygen atoms in total. The fourth-order valence-corrected chi connectivity index (χ4v) is 5.92. The van der Waals surface area contributed by atoms with Gasteiger partial charge in [0.15, 0.2) is 0 Å². The minimum absolute atomic E-state index is 0.123. The average Bonchev–Trinajstić information content (AvgIpc) is 2.96. The molecule has 0 spiro atoms. The summed E-state index contributed by atoms with van der Waals surface area (Å²) in [6.07, 6.45) is -8.97. The summed E-state index contributed by atoms with van der Waals surface area (Å²) in [4.78, 5) is 15.7. The molecule has 3 unspecified atom stereocenters. The van der Waals surface area contributed by atoms with Crippen LogP contribution in [0.25, 0.3) is 0 Å². The van der Waals surface area contributed by atoms with Crippen molar-refractivity contribution in [2.75, 3.05) is 37.7 Å². The van der Waals surface area contributed by atoms with Gasteiger partial charge in [-0.2, -0.15) is 26.3 Å². The fourth-order valence-electron chi connectivity index (χ4n) is 5.92. The standard InChI is InChI=1S/C30H28F6N2O2/c31-29(32,33)23-16-22(17-24(18-23)30(34,35)36)28-27(21-6-8-25(9-7-21)37-12-14-40-15-13-37)26(10-11-38(28)19-39)20-4-2-1-3-5-20/h1-9,16-19,26-28H,10-15H2. The Morgan fingerprint density at radius 3 is 1.88 bits per heavy atom. The molecule has 3 atom stereocenters. The van der Waals surface area contributed by atoms with Crippen molar-refractivity contribution in [2.24, 2.45) is 0 Å². The molecule has 0 N–H and O–H groups in total. The van der Waals surface area contributed by atoms with Crippen molar-refractivity contribution in [1.82, 2.24) is 4.90 Å². The molecule has 2 aliphatic heterocycles. The lowest BCUT2D eigenvalue weighted by atomic mass is 9.70. The van der Waals surface area contributed by atoms with Gasteiger partial charge in [-0.1, -0.05) is 42.5 Å². The van der Waals surface area contributed by atoms with Gasteiger partial charge in [-0.3, -0.25) is 4.79 Å². The Hall–Kier alpha value is -3.53. The molecule has 5 rings (SSSR count). The number of ether oxygens (including phenoxy) is 1. The van der Waals surface area contributed by atoms with E-state index >= 15 is 0 Å². The van der Waals surface area contributed by atoms with Gasteiger partial charge in [0.05, 0.1) is 30.4 Å². The van der Waals surface area contributed by atoms with E-state index < -0.39 is 35.4 Å². The predicted octanol–water partition coefficient (Wildman–Crippen LogP) is 7.03. The zero-order chi connectivity index (χ0) is 28.5. The maximum atomic E-state index is 13.8. The number of amides is 1. The molecule has 2 heterocycles. The van der Waals surface area contributed by atoms with Gasteiger partial charge >= 0.3 is 12.4 Å². The van der Waals surface area contributed by atoms with Crippen LogP contribution in [0, 0.1) is 0 Å². The van der Waals surface area contributed by atoms with Crippen molar-refractivity contribution in [2.45, 2.75) is 36.7 Å². The monoisotopic (exact) mass is 562 g/mol. The van der Waals surface area contributed by atoms with Crippen molar-refractivity contribution in [3.05, 3.63) is 101 Å². The van der Waals surface area contributed by atoms with E-state index in [1.165, 1.54) is 4.90 Å². The molecule has 0 aliphatic carbocycles. The smallest absolute Gasteiger partial charge is 0.378 e. The first-order valence-electron chi connectivity index (χ1n) is 13.0. The van der Waals surface area contributed by atoms with Gasteiger partial charge in [-0.25, -0.2) is 0 Å². The lowest BCUT2D eigenvalue weighted by Gasteiger charge is -2.45. The van der Waals surface area contributed by atoms with E-state index in [9.17, 15) is 31.1 Å². The maximum absolute atomic E-state index is 13.8. The van der Waals surface area contributed by atoms with Crippen LogP contribution in [-0.4, -0.2) is 44.2 Å². The highest BCUT2D eigenvalue weighted by atomic mass is 19.4. The molecule has 3 aromatic carbocycles.